The number of nitrogens with two attached hydrogens (primary N) is 1. The minimum Gasteiger partial charge on any atom is -0.504 e. The molecule has 3 heterocycles. The lowest BCUT2D eigenvalue weighted by molar-refractivity contribution is 0.0172. The SMILES string of the molecule is CCCCC[C@H]1C[C@H](O)CCc2ccc(O)c(c2)OCc2cc(Cc3ccccc3)c(CC)c3cn(cc23)C2=C(C=CC(N)N2)CO1. The number of nitrogens with one attached hydrogen (secondary N) is 1. The number of nitrogens with zero attached hydrogens (tertiary/aromatic N) is 1. The van der Waals surface area contributed by atoms with Crippen molar-refractivity contribution in [2.24, 2.45) is 5.73 Å². The van der Waals surface area contributed by atoms with Crippen molar-refractivity contribution < 1.29 is 19.7 Å². The number of benzene rings is 3. The summed E-state index contributed by atoms with van der Waals surface area (Å²) in [6.45, 7) is 5.13. The Labute approximate surface area is 278 Å². The van der Waals surface area contributed by atoms with Crippen molar-refractivity contribution in [3.63, 3.8) is 0 Å². The summed E-state index contributed by atoms with van der Waals surface area (Å²) in [5.41, 5.74) is 13.3. The van der Waals surface area contributed by atoms with Crippen molar-refractivity contribution in [2.75, 3.05) is 6.61 Å². The van der Waals surface area contributed by atoms with Crippen LogP contribution in [-0.2, 0) is 30.6 Å². The van der Waals surface area contributed by atoms with Gasteiger partial charge in [0.1, 0.15) is 12.4 Å². The second-order valence-corrected chi connectivity index (χ2v) is 13.0. The van der Waals surface area contributed by atoms with E-state index in [-0.39, 0.29) is 18.0 Å². The Hall–Kier alpha value is -4.04. The number of phenols is 1. The van der Waals surface area contributed by atoms with E-state index in [1.165, 1.54) is 22.1 Å². The Morgan fingerprint density at radius 2 is 1.83 bits per heavy atom. The number of aryl methyl sites for hydroxylation is 2. The van der Waals surface area contributed by atoms with E-state index < -0.39 is 6.10 Å². The first-order valence-electron chi connectivity index (χ1n) is 17.3. The van der Waals surface area contributed by atoms with Crippen molar-refractivity contribution in [1.82, 2.24) is 9.88 Å². The Morgan fingerprint density at radius 3 is 2.64 bits per heavy atom. The minimum atomic E-state index is -0.500. The van der Waals surface area contributed by atoms with Gasteiger partial charge in [0, 0.05) is 28.7 Å². The van der Waals surface area contributed by atoms with E-state index in [0.717, 1.165) is 66.4 Å². The number of fused-ring (bicyclic) bond motifs is 4. The summed E-state index contributed by atoms with van der Waals surface area (Å²) in [5, 5.41) is 27.6. The Kier molecular flexibility index (Phi) is 10.7. The maximum atomic E-state index is 11.1. The molecule has 1 unspecified atom stereocenters. The summed E-state index contributed by atoms with van der Waals surface area (Å²) in [6.07, 6.45) is 15.3. The van der Waals surface area contributed by atoms with Crippen molar-refractivity contribution in [3.8, 4) is 11.5 Å². The first-order valence-corrected chi connectivity index (χ1v) is 17.3. The molecule has 7 heteroatoms. The quantitative estimate of drug-likeness (QED) is 0.158. The van der Waals surface area contributed by atoms with Gasteiger partial charge in [-0.2, -0.15) is 0 Å². The highest BCUT2D eigenvalue weighted by Gasteiger charge is 2.22. The standard InChI is InChI=1S/C40H49N3O4/c1-3-5-7-12-33-22-32(44)16-13-28-14-17-37(45)38(20-28)47-26-31-21-30(19-27-10-8-6-9-11-27)34(4-2)36-24-43(23-35(31)36)40-29(25-46-33)15-18-39(41)42-40/h6,8-11,14-15,17-18,20-21,23-24,32-33,39,42,44-45H,3-5,7,12-13,16,19,22,25-26,41H2,1-2H3/t32-,33+,39?/m1/s1. The first kappa shape index (κ1) is 32.9. The van der Waals surface area contributed by atoms with Gasteiger partial charge in [0.25, 0.3) is 0 Å². The van der Waals surface area contributed by atoms with Gasteiger partial charge >= 0.3 is 0 Å². The highest BCUT2D eigenvalue weighted by molar-refractivity contribution is 5.91. The van der Waals surface area contributed by atoms with Crippen LogP contribution in [0.4, 0.5) is 0 Å². The van der Waals surface area contributed by atoms with Crippen molar-refractivity contribution >= 4 is 16.6 Å². The number of hydrogen-bond donors (Lipinski definition) is 4. The molecule has 4 bridgehead atoms. The molecule has 3 aromatic carbocycles. The van der Waals surface area contributed by atoms with E-state index in [2.05, 4.69) is 72.5 Å². The molecular formula is C40H49N3O4. The molecule has 0 radical (unpaired) electrons. The number of aliphatic hydroxyl groups is 1. The smallest absolute Gasteiger partial charge is 0.161 e. The summed E-state index contributed by atoms with van der Waals surface area (Å²) >= 11 is 0. The van der Waals surface area contributed by atoms with Gasteiger partial charge in [0.15, 0.2) is 11.5 Å². The van der Waals surface area contributed by atoms with Crippen LogP contribution in [0.3, 0.4) is 0 Å². The van der Waals surface area contributed by atoms with Crippen LogP contribution in [0.25, 0.3) is 16.6 Å². The Bertz CT molecular complexity index is 1720. The minimum absolute atomic E-state index is 0.0607. The van der Waals surface area contributed by atoms with Crippen LogP contribution in [0.2, 0.25) is 0 Å². The predicted octanol–water partition coefficient (Wildman–Crippen LogP) is 7.35. The highest BCUT2D eigenvalue weighted by atomic mass is 16.5. The van der Waals surface area contributed by atoms with E-state index in [4.69, 9.17) is 15.2 Å². The summed E-state index contributed by atoms with van der Waals surface area (Å²) < 4.78 is 15.1. The van der Waals surface area contributed by atoms with Crippen molar-refractivity contribution in [3.05, 3.63) is 113 Å². The summed E-state index contributed by atoms with van der Waals surface area (Å²) in [4.78, 5) is 0. The number of phenolic OH excluding ortho intramolecular Hbond substituents is 1. The number of aliphatic hydroxyl groups excluding tert-OH is 1. The zero-order valence-corrected chi connectivity index (χ0v) is 27.8. The van der Waals surface area contributed by atoms with Gasteiger partial charge in [-0.3, -0.25) is 0 Å². The van der Waals surface area contributed by atoms with E-state index in [1.807, 2.05) is 24.3 Å². The molecule has 0 aliphatic carbocycles. The van der Waals surface area contributed by atoms with Crippen LogP contribution in [-0.4, -0.2) is 39.8 Å². The zero-order chi connectivity index (χ0) is 32.8. The number of unbranched alkanes of at least 4 members (excludes halogenated alkanes) is 2. The fourth-order valence-corrected chi connectivity index (χ4v) is 6.93. The van der Waals surface area contributed by atoms with Crippen LogP contribution in [0, 0.1) is 0 Å². The van der Waals surface area contributed by atoms with Crippen LogP contribution >= 0.6 is 0 Å². The second-order valence-electron chi connectivity index (χ2n) is 13.0. The van der Waals surface area contributed by atoms with Crippen molar-refractivity contribution in [2.45, 2.75) is 96.6 Å². The number of hydrogen-bond acceptors (Lipinski definition) is 6. The molecule has 0 spiro atoms. The fraction of sp³-hybridized carbons (Fsp3) is 0.400. The van der Waals surface area contributed by atoms with Gasteiger partial charge in [-0.25, -0.2) is 0 Å². The second kappa shape index (κ2) is 15.2. The van der Waals surface area contributed by atoms with Crippen molar-refractivity contribution in [1.29, 1.82) is 0 Å². The van der Waals surface area contributed by atoms with E-state index in [1.54, 1.807) is 6.07 Å². The lowest BCUT2D eigenvalue weighted by atomic mass is 9.92. The number of dihydropyridines is 1. The topological polar surface area (TPSA) is 102 Å². The molecule has 1 aromatic heterocycles. The molecule has 248 valence electrons. The zero-order valence-electron chi connectivity index (χ0n) is 27.8. The first-order chi connectivity index (χ1) is 22.9. The number of ether oxygens (including phenoxy) is 2. The molecule has 2 aliphatic rings. The number of aromatic hydroxyl groups is 1. The van der Waals surface area contributed by atoms with Crippen LogP contribution in [0.15, 0.2) is 84.7 Å². The normalized spacial score (nSPS) is 20.4. The average Bonchev–Trinajstić information content (AvgIpc) is 3.52. The van der Waals surface area contributed by atoms with E-state index >= 15 is 0 Å². The maximum Gasteiger partial charge on any atom is 0.161 e. The fourth-order valence-electron chi connectivity index (χ4n) is 6.93. The molecule has 47 heavy (non-hydrogen) atoms. The lowest BCUT2D eigenvalue weighted by Crippen LogP contribution is -2.38. The third-order valence-corrected chi connectivity index (χ3v) is 9.51. The molecule has 7 nitrogen and oxygen atoms in total. The molecular weight excluding hydrogens is 586 g/mol. The van der Waals surface area contributed by atoms with Gasteiger partial charge < -0.3 is 35.3 Å². The molecule has 0 saturated carbocycles. The molecule has 0 fully saturated rings. The predicted molar refractivity (Wildman–Crippen MR) is 189 cm³/mol. The third kappa shape index (κ3) is 7.92. The van der Waals surface area contributed by atoms with Crippen LogP contribution in [0.5, 0.6) is 11.5 Å². The van der Waals surface area contributed by atoms with Gasteiger partial charge in [0.2, 0.25) is 0 Å². The van der Waals surface area contributed by atoms with Gasteiger partial charge in [-0.05, 0) is 84.6 Å². The Balaban J connectivity index is 1.47. The monoisotopic (exact) mass is 635 g/mol. The molecule has 3 atom stereocenters. The Morgan fingerprint density at radius 1 is 1.00 bits per heavy atom. The summed E-state index contributed by atoms with van der Waals surface area (Å²) in [6, 6.07) is 18.3. The van der Waals surface area contributed by atoms with E-state index in [0.29, 0.717) is 38.2 Å². The van der Waals surface area contributed by atoms with E-state index in [9.17, 15) is 10.2 Å². The summed E-state index contributed by atoms with van der Waals surface area (Å²) in [7, 11) is 0. The van der Waals surface area contributed by atoms with Gasteiger partial charge in [-0.15, -0.1) is 0 Å². The number of rotatable bonds is 7. The average molecular weight is 636 g/mol. The van der Waals surface area contributed by atoms with Gasteiger partial charge in [0.05, 0.1) is 25.0 Å². The summed E-state index contributed by atoms with van der Waals surface area (Å²) in [5.74, 6) is 1.46. The third-order valence-electron chi connectivity index (χ3n) is 9.51. The molecule has 5 N–H and O–H groups in total. The maximum absolute atomic E-state index is 11.1. The molecule has 2 aliphatic heterocycles. The highest BCUT2D eigenvalue weighted by Crippen LogP contribution is 2.34. The van der Waals surface area contributed by atoms with Crippen LogP contribution < -0.4 is 15.8 Å². The molecule has 0 saturated heterocycles. The molecule has 0 amide bonds. The largest absolute Gasteiger partial charge is 0.504 e. The molecule has 4 aromatic rings. The lowest BCUT2D eigenvalue weighted by Gasteiger charge is -2.26. The number of aromatic nitrogens is 1. The molecule has 6 rings (SSSR count). The van der Waals surface area contributed by atoms with Crippen LogP contribution in [0.1, 0.15) is 80.2 Å². The van der Waals surface area contributed by atoms with Gasteiger partial charge in [-0.1, -0.05) is 81.7 Å².